The number of rotatable bonds is 7. The molecule has 1 aliphatic heterocycles. The number of allylic oxidation sites excluding steroid dienone is 2. The van der Waals surface area contributed by atoms with E-state index in [1.807, 2.05) is 61.5 Å². The first-order chi connectivity index (χ1) is 16.9. The topological polar surface area (TPSA) is 87.7 Å². The normalized spacial score (nSPS) is 15.5. The third-order valence-electron chi connectivity index (χ3n) is 5.53. The molecule has 0 saturated carbocycles. The zero-order chi connectivity index (χ0) is 24.8. The summed E-state index contributed by atoms with van der Waals surface area (Å²) in [6.07, 6.45) is 3.97. The molecule has 0 saturated heterocycles. The van der Waals surface area contributed by atoms with Crippen molar-refractivity contribution in [1.82, 2.24) is 0 Å². The van der Waals surface area contributed by atoms with Crippen LogP contribution in [-0.2, 0) is 16.0 Å². The Balaban J connectivity index is 1.56. The fourth-order valence-electron chi connectivity index (χ4n) is 3.84. The first-order valence-electron chi connectivity index (χ1n) is 11.2. The molecule has 0 fully saturated rings. The minimum Gasteiger partial charge on any atom is -0.494 e. The second kappa shape index (κ2) is 11.0. The molecule has 3 aromatic rings. The van der Waals surface area contributed by atoms with Gasteiger partial charge in [0.05, 0.1) is 6.61 Å². The highest BCUT2D eigenvalue weighted by Gasteiger charge is 2.26. The van der Waals surface area contributed by atoms with Gasteiger partial charge in [-0.15, -0.1) is 0 Å². The van der Waals surface area contributed by atoms with E-state index in [9.17, 15) is 14.7 Å². The maximum atomic E-state index is 12.6. The molecule has 0 aliphatic carbocycles. The number of ether oxygens (including phenoxy) is 1. The predicted octanol–water partition coefficient (Wildman–Crippen LogP) is 5.22. The van der Waals surface area contributed by atoms with E-state index in [4.69, 9.17) is 16.3 Å². The van der Waals surface area contributed by atoms with Gasteiger partial charge in [0.15, 0.2) is 0 Å². The average molecular weight is 489 g/mol. The molecule has 0 radical (unpaired) electrons. The van der Waals surface area contributed by atoms with Crippen LogP contribution in [0.3, 0.4) is 0 Å². The van der Waals surface area contributed by atoms with Crippen LogP contribution < -0.4 is 15.4 Å². The largest absolute Gasteiger partial charge is 0.494 e. The number of carbonyl (C=O) groups excluding carboxylic acids is 2. The Morgan fingerprint density at radius 3 is 2.49 bits per heavy atom. The summed E-state index contributed by atoms with van der Waals surface area (Å²) in [5.74, 6) is 0.00680. The van der Waals surface area contributed by atoms with E-state index in [1.165, 1.54) is 6.08 Å². The third-order valence-corrected chi connectivity index (χ3v) is 5.79. The summed E-state index contributed by atoms with van der Waals surface area (Å²) >= 11 is 6.07. The third kappa shape index (κ3) is 5.98. The van der Waals surface area contributed by atoms with Gasteiger partial charge in [0.1, 0.15) is 11.9 Å². The van der Waals surface area contributed by atoms with E-state index >= 15 is 0 Å². The van der Waals surface area contributed by atoms with Crippen molar-refractivity contribution < 1.29 is 19.4 Å². The Labute approximate surface area is 208 Å². The van der Waals surface area contributed by atoms with E-state index in [-0.39, 0.29) is 12.3 Å². The number of amides is 2. The van der Waals surface area contributed by atoms with Crippen LogP contribution in [0, 0.1) is 0 Å². The highest BCUT2D eigenvalue weighted by Crippen LogP contribution is 2.30. The summed E-state index contributed by atoms with van der Waals surface area (Å²) in [5, 5.41) is 16.0. The number of hydrogen-bond donors (Lipinski definition) is 3. The molecule has 3 N–H and O–H groups in total. The number of fused-ring (bicyclic) bond motifs is 1. The summed E-state index contributed by atoms with van der Waals surface area (Å²) in [7, 11) is 0. The lowest BCUT2D eigenvalue weighted by atomic mass is 9.97. The van der Waals surface area contributed by atoms with Crippen LogP contribution >= 0.6 is 11.6 Å². The average Bonchev–Trinajstić information content (AvgIpc) is 2.85. The Kier molecular flexibility index (Phi) is 7.65. The van der Waals surface area contributed by atoms with Gasteiger partial charge in [-0.2, -0.15) is 0 Å². The Morgan fingerprint density at radius 1 is 1.11 bits per heavy atom. The molecular formula is C28H25ClN2O4. The standard InChI is InChI=1S/C28H25ClN2O4/c1-2-35-21-15-11-19(12-16-21)22(18-9-13-20(29)14-10-18)5-3-8-27(33)30-24-6-4-7-25-23(24)17-26(32)28(34)31-25/h3-16,26,32H,2,17H2,1H3,(H,30,33)(H,31,34)/b8-3+,22-5+. The molecule has 1 heterocycles. The van der Waals surface area contributed by atoms with Gasteiger partial charge < -0.3 is 20.5 Å². The van der Waals surface area contributed by atoms with Crippen molar-refractivity contribution in [2.45, 2.75) is 19.4 Å². The van der Waals surface area contributed by atoms with Crippen LogP contribution in [0.25, 0.3) is 5.57 Å². The molecule has 6 nitrogen and oxygen atoms in total. The molecule has 35 heavy (non-hydrogen) atoms. The van der Waals surface area contributed by atoms with Crippen LogP contribution in [0.2, 0.25) is 5.02 Å². The van der Waals surface area contributed by atoms with Gasteiger partial charge in [-0.25, -0.2) is 0 Å². The quantitative estimate of drug-likeness (QED) is 0.314. The molecule has 7 heteroatoms. The molecule has 1 unspecified atom stereocenters. The number of carbonyl (C=O) groups is 2. The lowest BCUT2D eigenvalue weighted by molar-refractivity contribution is -0.124. The number of hydrogen-bond acceptors (Lipinski definition) is 4. The molecule has 4 rings (SSSR count). The minimum absolute atomic E-state index is 0.139. The lowest BCUT2D eigenvalue weighted by Gasteiger charge is -2.23. The molecular weight excluding hydrogens is 464 g/mol. The maximum absolute atomic E-state index is 12.6. The minimum atomic E-state index is -1.14. The van der Waals surface area contributed by atoms with E-state index in [0.29, 0.717) is 28.6 Å². The highest BCUT2D eigenvalue weighted by atomic mass is 35.5. The van der Waals surface area contributed by atoms with Crippen molar-refractivity contribution in [2.75, 3.05) is 17.2 Å². The van der Waals surface area contributed by atoms with Crippen LogP contribution in [-0.4, -0.2) is 29.6 Å². The van der Waals surface area contributed by atoms with Gasteiger partial charge in [0, 0.05) is 34.5 Å². The second-order valence-electron chi connectivity index (χ2n) is 7.93. The second-order valence-corrected chi connectivity index (χ2v) is 8.37. The van der Waals surface area contributed by atoms with Crippen LogP contribution in [0.15, 0.2) is 85.0 Å². The molecule has 178 valence electrons. The Morgan fingerprint density at radius 2 is 1.80 bits per heavy atom. The van der Waals surface area contributed by atoms with Gasteiger partial charge in [-0.3, -0.25) is 9.59 Å². The SMILES string of the molecule is CCOc1ccc(/C(=C/C=C/C(=O)Nc2cccc3c2CC(O)C(=O)N3)c2ccc(Cl)cc2)cc1. The van der Waals surface area contributed by atoms with Crippen LogP contribution in [0.1, 0.15) is 23.6 Å². The smallest absolute Gasteiger partial charge is 0.253 e. The molecule has 0 aromatic heterocycles. The zero-order valence-electron chi connectivity index (χ0n) is 19.1. The predicted molar refractivity (Wildman–Crippen MR) is 139 cm³/mol. The Hall–Kier alpha value is -3.87. The first-order valence-corrected chi connectivity index (χ1v) is 11.6. The van der Waals surface area contributed by atoms with Crippen LogP contribution in [0.4, 0.5) is 11.4 Å². The molecule has 2 amide bonds. The molecule has 0 spiro atoms. The zero-order valence-corrected chi connectivity index (χ0v) is 19.9. The van der Waals surface area contributed by atoms with Gasteiger partial charge in [-0.1, -0.05) is 54.1 Å². The first kappa shape index (κ1) is 24.3. The van der Waals surface area contributed by atoms with Gasteiger partial charge in [-0.05, 0) is 60.0 Å². The maximum Gasteiger partial charge on any atom is 0.253 e. The van der Waals surface area contributed by atoms with E-state index in [0.717, 1.165) is 22.4 Å². The van der Waals surface area contributed by atoms with E-state index in [2.05, 4.69) is 10.6 Å². The van der Waals surface area contributed by atoms with Crippen molar-refractivity contribution in [1.29, 1.82) is 0 Å². The van der Waals surface area contributed by atoms with E-state index in [1.54, 1.807) is 24.3 Å². The number of nitrogens with one attached hydrogen (secondary N) is 2. The number of benzene rings is 3. The summed E-state index contributed by atoms with van der Waals surface area (Å²) in [5.41, 5.74) is 4.64. The van der Waals surface area contributed by atoms with Crippen molar-refractivity contribution >= 4 is 40.4 Å². The molecule has 1 aliphatic rings. The summed E-state index contributed by atoms with van der Waals surface area (Å²) in [4.78, 5) is 24.4. The lowest BCUT2D eigenvalue weighted by Crippen LogP contribution is -2.34. The monoisotopic (exact) mass is 488 g/mol. The van der Waals surface area contributed by atoms with Gasteiger partial charge >= 0.3 is 0 Å². The fraction of sp³-hybridized carbons (Fsp3) is 0.143. The van der Waals surface area contributed by atoms with Crippen molar-refractivity contribution in [3.63, 3.8) is 0 Å². The molecule has 0 bridgehead atoms. The van der Waals surface area contributed by atoms with Crippen molar-refractivity contribution in [2.24, 2.45) is 0 Å². The van der Waals surface area contributed by atoms with Gasteiger partial charge in [0.25, 0.3) is 5.91 Å². The van der Waals surface area contributed by atoms with Gasteiger partial charge in [0.2, 0.25) is 5.91 Å². The number of aliphatic hydroxyl groups is 1. The summed E-state index contributed by atoms with van der Waals surface area (Å²) in [6.45, 7) is 2.53. The number of anilines is 2. The highest BCUT2D eigenvalue weighted by molar-refractivity contribution is 6.30. The fourth-order valence-corrected chi connectivity index (χ4v) is 3.96. The number of aliphatic hydroxyl groups excluding tert-OH is 1. The summed E-state index contributed by atoms with van der Waals surface area (Å²) < 4.78 is 5.54. The molecule has 3 aromatic carbocycles. The summed E-state index contributed by atoms with van der Waals surface area (Å²) in [6, 6.07) is 20.5. The van der Waals surface area contributed by atoms with Crippen molar-refractivity contribution in [3.8, 4) is 5.75 Å². The number of halogens is 1. The van der Waals surface area contributed by atoms with Crippen LogP contribution in [0.5, 0.6) is 5.75 Å². The molecule has 1 atom stereocenters. The van der Waals surface area contributed by atoms with E-state index < -0.39 is 12.0 Å². The Bertz CT molecular complexity index is 1280. The van der Waals surface area contributed by atoms with Crippen molar-refractivity contribution in [3.05, 3.63) is 107 Å².